The van der Waals surface area contributed by atoms with Crippen LogP contribution in [0.4, 0.5) is 17.1 Å². The summed E-state index contributed by atoms with van der Waals surface area (Å²) < 4.78 is 5.99. The minimum atomic E-state index is 0.131. The van der Waals surface area contributed by atoms with Crippen LogP contribution in [-0.4, -0.2) is 15.3 Å². The molecule has 5 heteroatoms. The molecule has 0 heterocycles. The molecule has 0 saturated heterocycles. The maximum absolute atomic E-state index is 10.4. The number of ether oxygens (including phenoxy) is 1. The molecule has 0 fully saturated rings. The van der Waals surface area contributed by atoms with Crippen molar-refractivity contribution in [2.24, 2.45) is 0 Å². The van der Waals surface area contributed by atoms with Crippen LogP contribution in [0.15, 0.2) is 72.8 Å². The van der Waals surface area contributed by atoms with Gasteiger partial charge >= 0.3 is 0 Å². The fourth-order valence-electron chi connectivity index (χ4n) is 3.60. The van der Waals surface area contributed by atoms with E-state index in [-0.39, 0.29) is 17.2 Å². The molecule has 33 heavy (non-hydrogen) atoms. The van der Waals surface area contributed by atoms with Gasteiger partial charge in [-0.15, -0.1) is 0 Å². The van der Waals surface area contributed by atoms with Crippen molar-refractivity contribution >= 4 is 17.1 Å². The highest BCUT2D eigenvalue weighted by Crippen LogP contribution is 2.41. The molecule has 168 valence electrons. The predicted octanol–water partition coefficient (Wildman–Crippen LogP) is 7.30. The number of rotatable bonds is 5. The Hall–Kier alpha value is -4.12. The molecular formula is C28H27NO4. The summed E-state index contributed by atoms with van der Waals surface area (Å²) >= 11 is 0. The average Bonchev–Trinajstić information content (AvgIpc) is 2.80. The van der Waals surface area contributed by atoms with Gasteiger partial charge in [0.25, 0.3) is 0 Å². The Kier molecular flexibility index (Phi) is 5.88. The van der Waals surface area contributed by atoms with E-state index in [4.69, 9.17) is 4.74 Å². The van der Waals surface area contributed by atoms with E-state index in [0.717, 1.165) is 39.3 Å². The molecule has 0 amide bonds. The van der Waals surface area contributed by atoms with Crippen molar-refractivity contribution in [3.8, 4) is 28.7 Å². The molecule has 3 N–H and O–H groups in total. The van der Waals surface area contributed by atoms with E-state index < -0.39 is 0 Å². The number of aryl methyl sites for hydroxylation is 4. The third-order valence-corrected chi connectivity index (χ3v) is 5.75. The Morgan fingerprint density at radius 1 is 0.545 bits per heavy atom. The van der Waals surface area contributed by atoms with Crippen molar-refractivity contribution in [3.05, 3.63) is 95.1 Å². The van der Waals surface area contributed by atoms with Gasteiger partial charge in [-0.3, -0.25) is 0 Å². The van der Waals surface area contributed by atoms with Gasteiger partial charge in [-0.2, -0.15) is 0 Å². The maximum Gasteiger partial charge on any atom is 0.172 e. The van der Waals surface area contributed by atoms with Gasteiger partial charge in [0.2, 0.25) is 0 Å². The first-order valence-corrected chi connectivity index (χ1v) is 10.7. The zero-order chi connectivity index (χ0) is 23.7. The summed E-state index contributed by atoms with van der Waals surface area (Å²) in [5.74, 6) is 1.54. The SMILES string of the molecule is Cc1ccc(N(c2ccc(Oc3c(C)ccc(C)c3O)cc2)c2ccc(C)c(O)c2)cc1O. The number of phenolic OH excluding ortho intramolecular Hbond substituents is 3. The number of anilines is 3. The van der Waals surface area contributed by atoms with Gasteiger partial charge in [0.15, 0.2) is 11.5 Å². The lowest BCUT2D eigenvalue weighted by Crippen LogP contribution is -2.10. The van der Waals surface area contributed by atoms with Crippen molar-refractivity contribution in [3.63, 3.8) is 0 Å². The highest BCUT2D eigenvalue weighted by Gasteiger charge is 2.16. The Balaban J connectivity index is 1.74. The minimum Gasteiger partial charge on any atom is -0.508 e. The summed E-state index contributed by atoms with van der Waals surface area (Å²) in [6.45, 7) is 7.40. The normalized spacial score (nSPS) is 10.8. The summed E-state index contributed by atoms with van der Waals surface area (Å²) in [6, 6.07) is 22.2. The summed E-state index contributed by atoms with van der Waals surface area (Å²) in [5, 5.41) is 31.0. The van der Waals surface area contributed by atoms with Gasteiger partial charge in [0.1, 0.15) is 17.2 Å². The molecule has 4 rings (SSSR count). The van der Waals surface area contributed by atoms with Crippen molar-refractivity contribution in [1.82, 2.24) is 0 Å². The van der Waals surface area contributed by atoms with Gasteiger partial charge in [0, 0.05) is 29.2 Å². The van der Waals surface area contributed by atoms with Crippen LogP contribution < -0.4 is 9.64 Å². The van der Waals surface area contributed by atoms with Crippen LogP contribution in [-0.2, 0) is 0 Å². The van der Waals surface area contributed by atoms with Crippen molar-refractivity contribution in [1.29, 1.82) is 0 Å². The fourth-order valence-corrected chi connectivity index (χ4v) is 3.60. The number of phenols is 3. The Labute approximate surface area is 193 Å². The first-order valence-electron chi connectivity index (χ1n) is 10.7. The molecule has 0 aliphatic rings. The number of benzene rings is 4. The summed E-state index contributed by atoms with van der Waals surface area (Å²) in [4.78, 5) is 1.94. The lowest BCUT2D eigenvalue weighted by Gasteiger charge is -2.26. The lowest BCUT2D eigenvalue weighted by atomic mass is 10.1. The molecule has 0 radical (unpaired) electrons. The Morgan fingerprint density at radius 2 is 1.00 bits per heavy atom. The van der Waals surface area contributed by atoms with Crippen LogP contribution >= 0.6 is 0 Å². The second kappa shape index (κ2) is 8.79. The van der Waals surface area contributed by atoms with Crippen LogP contribution in [0.2, 0.25) is 0 Å². The molecule has 0 bridgehead atoms. The van der Waals surface area contributed by atoms with Crippen molar-refractivity contribution in [2.45, 2.75) is 27.7 Å². The molecule has 0 spiro atoms. The summed E-state index contributed by atoms with van der Waals surface area (Å²) in [7, 11) is 0. The molecule has 0 unspecified atom stereocenters. The number of hydrogen-bond donors (Lipinski definition) is 3. The molecule has 4 aromatic carbocycles. The van der Waals surface area contributed by atoms with Gasteiger partial charge < -0.3 is 25.0 Å². The molecule has 0 aliphatic carbocycles. The number of hydrogen-bond acceptors (Lipinski definition) is 5. The van der Waals surface area contributed by atoms with Gasteiger partial charge in [-0.25, -0.2) is 0 Å². The third-order valence-electron chi connectivity index (χ3n) is 5.75. The molecular weight excluding hydrogens is 414 g/mol. The highest BCUT2D eigenvalue weighted by atomic mass is 16.5. The van der Waals surface area contributed by atoms with Crippen LogP contribution in [0.25, 0.3) is 0 Å². The van der Waals surface area contributed by atoms with Crippen LogP contribution in [0.3, 0.4) is 0 Å². The van der Waals surface area contributed by atoms with E-state index in [1.54, 1.807) is 12.1 Å². The smallest absolute Gasteiger partial charge is 0.172 e. The Bertz CT molecular complexity index is 1260. The summed E-state index contributed by atoms with van der Waals surface area (Å²) in [5.41, 5.74) is 5.47. The predicted molar refractivity (Wildman–Crippen MR) is 132 cm³/mol. The topological polar surface area (TPSA) is 73.2 Å². The van der Waals surface area contributed by atoms with Crippen LogP contribution in [0, 0.1) is 27.7 Å². The number of nitrogens with zero attached hydrogens (tertiary/aromatic N) is 1. The largest absolute Gasteiger partial charge is 0.508 e. The number of aromatic hydroxyl groups is 3. The van der Waals surface area contributed by atoms with E-state index in [1.807, 2.05) is 93.3 Å². The highest BCUT2D eigenvalue weighted by molar-refractivity contribution is 5.78. The summed E-state index contributed by atoms with van der Waals surface area (Å²) in [6.07, 6.45) is 0. The second-order valence-corrected chi connectivity index (χ2v) is 8.25. The van der Waals surface area contributed by atoms with E-state index in [9.17, 15) is 15.3 Å². The molecule has 0 aliphatic heterocycles. The monoisotopic (exact) mass is 441 g/mol. The van der Waals surface area contributed by atoms with Gasteiger partial charge in [0.05, 0.1) is 0 Å². The lowest BCUT2D eigenvalue weighted by molar-refractivity contribution is 0.406. The zero-order valence-corrected chi connectivity index (χ0v) is 19.1. The molecule has 0 atom stereocenters. The standard InChI is InChI=1S/C28H27NO4/c1-17-7-9-22(15-25(17)30)29(23-10-8-18(2)26(31)16-23)21-11-13-24(14-12-21)33-28-20(4)6-5-19(3)27(28)32/h5-16,30-32H,1-4H3. The van der Waals surface area contributed by atoms with Crippen molar-refractivity contribution in [2.75, 3.05) is 4.90 Å². The second-order valence-electron chi connectivity index (χ2n) is 8.25. The van der Waals surface area contributed by atoms with E-state index >= 15 is 0 Å². The molecule has 4 aromatic rings. The van der Waals surface area contributed by atoms with Gasteiger partial charge in [-0.1, -0.05) is 24.3 Å². The fraction of sp³-hybridized carbons (Fsp3) is 0.143. The van der Waals surface area contributed by atoms with Crippen LogP contribution in [0.1, 0.15) is 22.3 Å². The molecule has 0 aromatic heterocycles. The first-order chi connectivity index (χ1) is 15.7. The third kappa shape index (κ3) is 4.44. The van der Waals surface area contributed by atoms with Crippen molar-refractivity contribution < 1.29 is 20.1 Å². The van der Waals surface area contributed by atoms with E-state index in [0.29, 0.717) is 11.5 Å². The molecule has 0 saturated carbocycles. The quantitative estimate of drug-likeness (QED) is 0.303. The van der Waals surface area contributed by atoms with E-state index in [1.165, 1.54) is 0 Å². The zero-order valence-electron chi connectivity index (χ0n) is 19.1. The van der Waals surface area contributed by atoms with Gasteiger partial charge in [-0.05, 0) is 86.3 Å². The first kappa shape index (κ1) is 22.1. The van der Waals surface area contributed by atoms with E-state index in [2.05, 4.69) is 0 Å². The minimum absolute atomic E-state index is 0.131. The van der Waals surface area contributed by atoms with Crippen LogP contribution in [0.5, 0.6) is 28.7 Å². The average molecular weight is 442 g/mol. The Morgan fingerprint density at radius 3 is 1.52 bits per heavy atom. The maximum atomic E-state index is 10.4. The molecule has 5 nitrogen and oxygen atoms in total.